The minimum Gasteiger partial charge on any atom is -0.315 e. The Bertz CT molecular complexity index is 302. The standard InChI is InChI=1S/C14H25NS/c1-11(2)15-9-7-5-6-8-14-10-12(3)16-13(14)4/h10-11,15H,5-9H2,1-4H3. The van der Waals surface area contributed by atoms with Gasteiger partial charge in [-0.25, -0.2) is 0 Å². The van der Waals surface area contributed by atoms with E-state index in [1.54, 1.807) is 5.56 Å². The topological polar surface area (TPSA) is 12.0 Å². The Morgan fingerprint density at radius 3 is 2.50 bits per heavy atom. The van der Waals surface area contributed by atoms with E-state index in [1.165, 1.54) is 42.0 Å². The van der Waals surface area contributed by atoms with Crippen molar-refractivity contribution in [1.29, 1.82) is 0 Å². The maximum atomic E-state index is 3.46. The third-order valence-corrected chi connectivity index (χ3v) is 3.83. The van der Waals surface area contributed by atoms with Crippen LogP contribution in [-0.2, 0) is 6.42 Å². The lowest BCUT2D eigenvalue weighted by Crippen LogP contribution is -2.23. The summed E-state index contributed by atoms with van der Waals surface area (Å²) in [6.07, 6.45) is 5.24. The number of hydrogen-bond acceptors (Lipinski definition) is 2. The van der Waals surface area contributed by atoms with Crippen LogP contribution in [-0.4, -0.2) is 12.6 Å². The molecule has 1 N–H and O–H groups in total. The van der Waals surface area contributed by atoms with Gasteiger partial charge in [-0.05, 0) is 51.3 Å². The molecule has 2 heteroatoms. The Kier molecular flexibility index (Phi) is 6.07. The minimum absolute atomic E-state index is 0.627. The van der Waals surface area contributed by atoms with Crippen molar-refractivity contribution in [3.8, 4) is 0 Å². The minimum atomic E-state index is 0.627. The van der Waals surface area contributed by atoms with Crippen LogP contribution in [0.15, 0.2) is 6.07 Å². The first-order chi connectivity index (χ1) is 7.59. The predicted octanol–water partition coefficient (Wildman–Crippen LogP) is 4.08. The molecule has 16 heavy (non-hydrogen) atoms. The molecule has 0 spiro atoms. The normalized spacial score (nSPS) is 11.3. The summed E-state index contributed by atoms with van der Waals surface area (Å²) in [7, 11) is 0. The molecule has 0 saturated heterocycles. The first-order valence-electron chi connectivity index (χ1n) is 6.39. The lowest BCUT2D eigenvalue weighted by atomic mass is 10.1. The van der Waals surface area contributed by atoms with Gasteiger partial charge in [0.25, 0.3) is 0 Å². The van der Waals surface area contributed by atoms with Crippen LogP contribution in [0.25, 0.3) is 0 Å². The van der Waals surface area contributed by atoms with Crippen molar-refractivity contribution in [2.75, 3.05) is 6.54 Å². The van der Waals surface area contributed by atoms with Crippen LogP contribution < -0.4 is 5.32 Å². The third kappa shape index (κ3) is 5.13. The second-order valence-electron chi connectivity index (χ2n) is 4.86. The van der Waals surface area contributed by atoms with E-state index in [4.69, 9.17) is 0 Å². The van der Waals surface area contributed by atoms with Crippen LogP contribution >= 0.6 is 11.3 Å². The zero-order chi connectivity index (χ0) is 12.0. The van der Waals surface area contributed by atoms with Gasteiger partial charge >= 0.3 is 0 Å². The SMILES string of the molecule is Cc1cc(CCCCCNC(C)C)c(C)s1. The second-order valence-corrected chi connectivity index (χ2v) is 6.32. The first-order valence-corrected chi connectivity index (χ1v) is 7.20. The van der Waals surface area contributed by atoms with Crippen molar-refractivity contribution in [3.63, 3.8) is 0 Å². The van der Waals surface area contributed by atoms with Crippen molar-refractivity contribution in [1.82, 2.24) is 5.32 Å². The van der Waals surface area contributed by atoms with Gasteiger partial charge in [-0.1, -0.05) is 20.3 Å². The maximum absolute atomic E-state index is 3.46. The maximum Gasteiger partial charge on any atom is 0.00490 e. The van der Waals surface area contributed by atoms with Crippen LogP contribution in [0.3, 0.4) is 0 Å². The van der Waals surface area contributed by atoms with E-state index in [-0.39, 0.29) is 0 Å². The molecule has 1 rings (SSSR count). The van der Waals surface area contributed by atoms with Crippen LogP contribution in [0, 0.1) is 13.8 Å². The Hall–Kier alpha value is -0.340. The van der Waals surface area contributed by atoms with Crippen molar-refractivity contribution in [3.05, 3.63) is 21.4 Å². The van der Waals surface area contributed by atoms with E-state index in [1.807, 2.05) is 11.3 Å². The fourth-order valence-electron chi connectivity index (χ4n) is 1.94. The fraction of sp³-hybridized carbons (Fsp3) is 0.714. The van der Waals surface area contributed by atoms with Gasteiger partial charge in [-0.15, -0.1) is 11.3 Å². The van der Waals surface area contributed by atoms with Gasteiger partial charge in [0.1, 0.15) is 0 Å². The van der Waals surface area contributed by atoms with Crippen LogP contribution in [0.2, 0.25) is 0 Å². The van der Waals surface area contributed by atoms with Gasteiger partial charge in [-0.2, -0.15) is 0 Å². The van der Waals surface area contributed by atoms with Gasteiger partial charge in [0, 0.05) is 15.8 Å². The third-order valence-electron chi connectivity index (χ3n) is 2.82. The molecule has 0 aliphatic rings. The fourth-order valence-corrected chi connectivity index (χ4v) is 2.92. The molecule has 0 aliphatic carbocycles. The highest BCUT2D eigenvalue weighted by Crippen LogP contribution is 2.22. The molecule has 1 aromatic heterocycles. The van der Waals surface area contributed by atoms with Crippen LogP contribution in [0.4, 0.5) is 0 Å². The van der Waals surface area contributed by atoms with Gasteiger partial charge in [0.05, 0.1) is 0 Å². The Labute approximate surface area is 104 Å². The highest BCUT2D eigenvalue weighted by molar-refractivity contribution is 7.12. The zero-order valence-corrected chi connectivity index (χ0v) is 11.9. The van der Waals surface area contributed by atoms with Crippen LogP contribution in [0.5, 0.6) is 0 Å². The summed E-state index contributed by atoms with van der Waals surface area (Å²) in [5.74, 6) is 0. The second kappa shape index (κ2) is 7.08. The molecule has 0 unspecified atom stereocenters. The first kappa shape index (κ1) is 13.7. The molecule has 0 saturated carbocycles. The Morgan fingerprint density at radius 2 is 1.94 bits per heavy atom. The monoisotopic (exact) mass is 239 g/mol. The number of unbranched alkanes of at least 4 members (excludes halogenated alkanes) is 2. The molecule has 92 valence electrons. The average Bonchev–Trinajstić information content (AvgIpc) is 2.50. The number of aryl methyl sites for hydroxylation is 3. The zero-order valence-electron chi connectivity index (χ0n) is 11.1. The summed E-state index contributed by atoms with van der Waals surface area (Å²) in [5, 5.41) is 3.46. The highest BCUT2D eigenvalue weighted by atomic mass is 32.1. The summed E-state index contributed by atoms with van der Waals surface area (Å²) in [4.78, 5) is 2.96. The van der Waals surface area contributed by atoms with Gasteiger partial charge in [0.15, 0.2) is 0 Å². The molecule has 0 aromatic carbocycles. The summed E-state index contributed by atoms with van der Waals surface area (Å²) < 4.78 is 0. The molecule has 1 heterocycles. The number of nitrogens with one attached hydrogen (secondary N) is 1. The van der Waals surface area contributed by atoms with Crippen molar-refractivity contribution in [2.45, 2.75) is 59.4 Å². The summed E-state index contributed by atoms with van der Waals surface area (Å²) in [6, 6.07) is 2.98. The van der Waals surface area contributed by atoms with E-state index in [0.717, 1.165) is 0 Å². The molecule has 0 radical (unpaired) electrons. The summed E-state index contributed by atoms with van der Waals surface area (Å²) in [5.41, 5.74) is 1.57. The number of hydrogen-bond donors (Lipinski definition) is 1. The molecule has 0 atom stereocenters. The molecular weight excluding hydrogens is 214 g/mol. The van der Waals surface area contributed by atoms with E-state index in [9.17, 15) is 0 Å². The molecule has 0 fully saturated rings. The Balaban J connectivity index is 2.09. The molecule has 0 bridgehead atoms. The molecular formula is C14H25NS. The van der Waals surface area contributed by atoms with Gasteiger partial charge in [-0.3, -0.25) is 0 Å². The van der Waals surface area contributed by atoms with Crippen molar-refractivity contribution >= 4 is 11.3 Å². The smallest absolute Gasteiger partial charge is 0.00490 e. The van der Waals surface area contributed by atoms with E-state index < -0.39 is 0 Å². The molecule has 1 aromatic rings. The van der Waals surface area contributed by atoms with Gasteiger partial charge in [0.2, 0.25) is 0 Å². The molecule has 1 nitrogen and oxygen atoms in total. The van der Waals surface area contributed by atoms with Gasteiger partial charge < -0.3 is 5.32 Å². The lowest BCUT2D eigenvalue weighted by molar-refractivity contribution is 0.548. The van der Waals surface area contributed by atoms with E-state index >= 15 is 0 Å². The van der Waals surface area contributed by atoms with E-state index in [2.05, 4.69) is 39.1 Å². The largest absolute Gasteiger partial charge is 0.315 e. The quantitative estimate of drug-likeness (QED) is 0.707. The number of thiophene rings is 1. The van der Waals surface area contributed by atoms with Crippen LogP contribution in [0.1, 0.15) is 48.4 Å². The summed E-state index contributed by atoms with van der Waals surface area (Å²) >= 11 is 1.93. The molecule has 0 amide bonds. The highest BCUT2D eigenvalue weighted by Gasteiger charge is 2.02. The molecule has 0 aliphatic heterocycles. The average molecular weight is 239 g/mol. The Morgan fingerprint density at radius 1 is 1.19 bits per heavy atom. The predicted molar refractivity (Wildman–Crippen MR) is 74.5 cm³/mol. The summed E-state index contributed by atoms with van der Waals surface area (Å²) in [6.45, 7) is 10.0. The van der Waals surface area contributed by atoms with Crippen molar-refractivity contribution in [2.24, 2.45) is 0 Å². The lowest BCUT2D eigenvalue weighted by Gasteiger charge is -2.07. The van der Waals surface area contributed by atoms with E-state index in [0.29, 0.717) is 6.04 Å². The van der Waals surface area contributed by atoms with Crippen molar-refractivity contribution < 1.29 is 0 Å². The number of rotatable bonds is 7.